The fourth-order valence-corrected chi connectivity index (χ4v) is 8.24. The summed E-state index contributed by atoms with van der Waals surface area (Å²) in [5.74, 6) is 0. The van der Waals surface area contributed by atoms with Gasteiger partial charge in [-0.1, -0.05) is 127 Å². The number of anilines is 3. The van der Waals surface area contributed by atoms with Gasteiger partial charge in [0, 0.05) is 17.1 Å². The van der Waals surface area contributed by atoms with Gasteiger partial charge in [-0.3, -0.25) is 0 Å². The molecule has 0 spiro atoms. The van der Waals surface area contributed by atoms with Gasteiger partial charge >= 0.3 is 0 Å². The lowest BCUT2D eigenvalue weighted by Crippen LogP contribution is -2.10. The van der Waals surface area contributed by atoms with Gasteiger partial charge in [0.25, 0.3) is 0 Å². The Bertz CT molecular complexity index is 3030. The Morgan fingerprint density at radius 3 is 1.45 bits per heavy atom. The molecule has 10 aromatic carbocycles. The van der Waals surface area contributed by atoms with E-state index in [1.54, 1.807) is 0 Å². The van der Waals surface area contributed by atoms with Gasteiger partial charge in [0.15, 0.2) is 0 Å². The Balaban J connectivity index is 1.14. The quantitative estimate of drug-likeness (QED) is 0.164. The number of hydrogen-bond donors (Lipinski definition) is 0. The molecule has 1 heteroatoms. The zero-order valence-corrected chi connectivity index (χ0v) is 29.8. The third-order valence-corrected chi connectivity index (χ3v) is 11.1. The Kier molecular flexibility index (Phi) is 7.33. The van der Waals surface area contributed by atoms with Crippen molar-refractivity contribution in [2.24, 2.45) is 0 Å². The highest BCUT2D eigenvalue weighted by Gasteiger charge is 2.17. The fraction of sp³-hybridized carbons (Fsp3) is 0.0385. The fourth-order valence-electron chi connectivity index (χ4n) is 8.24. The highest BCUT2D eigenvalue weighted by atomic mass is 15.1. The molecule has 0 saturated carbocycles. The van der Waals surface area contributed by atoms with Gasteiger partial charge in [-0.25, -0.2) is 0 Å². The van der Waals surface area contributed by atoms with Crippen molar-refractivity contribution in [2.75, 3.05) is 4.90 Å². The van der Waals surface area contributed by atoms with Crippen molar-refractivity contribution in [3.05, 3.63) is 199 Å². The molecule has 0 radical (unpaired) electrons. The number of nitrogens with zero attached hydrogens (tertiary/aromatic N) is 1. The molecule has 10 rings (SSSR count). The summed E-state index contributed by atoms with van der Waals surface area (Å²) in [6.45, 7) is 4.36. The average Bonchev–Trinajstić information content (AvgIpc) is 3.21. The SMILES string of the molecule is Cc1ccc(N(c2ccccc2)c2ccc3cc(-c4cc5cc(-c6ccc7ccccc7c6)c6ccccc6c5c5ccccc45)ccc3c2)cc1C. The number of fused-ring (bicyclic) bond motifs is 7. The molecule has 0 aliphatic heterocycles. The van der Waals surface area contributed by atoms with Crippen molar-refractivity contribution in [1.82, 2.24) is 0 Å². The van der Waals surface area contributed by atoms with E-state index in [1.165, 1.54) is 87.2 Å². The molecule has 0 saturated heterocycles. The van der Waals surface area contributed by atoms with Gasteiger partial charge in [0.05, 0.1) is 0 Å². The third kappa shape index (κ3) is 5.32. The van der Waals surface area contributed by atoms with E-state index < -0.39 is 0 Å². The second-order valence-corrected chi connectivity index (χ2v) is 14.3. The molecular weight excluding hydrogens is 639 g/mol. The molecule has 53 heavy (non-hydrogen) atoms. The van der Waals surface area contributed by atoms with E-state index in [1.807, 2.05) is 0 Å². The first kappa shape index (κ1) is 31.1. The molecule has 0 N–H and O–H groups in total. The Morgan fingerprint density at radius 1 is 0.302 bits per heavy atom. The normalized spacial score (nSPS) is 11.6. The first-order valence-corrected chi connectivity index (χ1v) is 18.4. The number of aryl methyl sites for hydroxylation is 2. The topological polar surface area (TPSA) is 3.24 Å². The van der Waals surface area contributed by atoms with Crippen molar-refractivity contribution in [3.8, 4) is 22.3 Å². The molecule has 1 nitrogen and oxygen atoms in total. The van der Waals surface area contributed by atoms with Crippen LogP contribution in [0.4, 0.5) is 17.1 Å². The zero-order valence-electron chi connectivity index (χ0n) is 29.8. The molecule has 0 aliphatic rings. The number of rotatable bonds is 5. The van der Waals surface area contributed by atoms with Crippen molar-refractivity contribution in [1.29, 1.82) is 0 Å². The molecule has 0 unspecified atom stereocenters. The first-order valence-electron chi connectivity index (χ1n) is 18.4. The maximum absolute atomic E-state index is 2.42. The molecule has 0 heterocycles. The highest BCUT2D eigenvalue weighted by Crippen LogP contribution is 2.43. The molecule has 10 aromatic rings. The predicted molar refractivity (Wildman–Crippen MR) is 229 cm³/mol. The van der Waals surface area contributed by atoms with Crippen LogP contribution < -0.4 is 4.90 Å². The summed E-state index contributed by atoms with van der Waals surface area (Å²) >= 11 is 0. The van der Waals surface area contributed by atoms with Crippen LogP contribution in [0.15, 0.2) is 188 Å². The summed E-state index contributed by atoms with van der Waals surface area (Å²) in [5, 5.41) is 12.6. The summed E-state index contributed by atoms with van der Waals surface area (Å²) in [5.41, 5.74) is 11.0. The van der Waals surface area contributed by atoms with Crippen molar-refractivity contribution in [2.45, 2.75) is 13.8 Å². The van der Waals surface area contributed by atoms with Gasteiger partial charge < -0.3 is 4.90 Å². The molecule has 0 fully saturated rings. The molecular formula is C52H37N. The molecule has 0 amide bonds. The maximum Gasteiger partial charge on any atom is 0.0468 e. The van der Waals surface area contributed by atoms with Gasteiger partial charge in [0.2, 0.25) is 0 Å². The summed E-state index contributed by atoms with van der Waals surface area (Å²) in [6.07, 6.45) is 0. The van der Waals surface area contributed by atoms with E-state index in [0.717, 1.165) is 17.1 Å². The standard InChI is InChI=1S/C52H37N/c1-34-20-26-44(28-35(34)2)53(43-14-4-3-5-15-43)45-27-25-38-30-41(24-22-39(38)31-45)51-33-42-32-50(40-23-21-36-12-6-7-13-37(36)29-40)46-16-8-10-18-48(46)52(42)49-19-11-9-17-47(49)51/h3-33H,1-2H3. The lowest BCUT2D eigenvalue weighted by atomic mass is 9.87. The molecule has 0 aliphatic carbocycles. The number of para-hydroxylation sites is 1. The van der Waals surface area contributed by atoms with Crippen LogP contribution in [0.3, 0.4) is 0 Å². The predicted octanol–water partition coefficient (Wildman–Crippen LogP) is 14.9. The van der Waals surface area contributed by atoms with Gasteiger partial charge in [-0.2, -0.15) is 0 Å². The van der Waals surface area contributed by atoms with Crippen molar-refractivity contribution < 1.29 is 0 Å². The summed E-state index contributed by atoms with van der Waals surface area (Å²) in [7, 11) is 0. The van der Waals surface area contributed by atoms with E-state index in [9.17, 15) is 0 Å². The van der Waals surface area contributed by atoms with E-state index in [2.05, 4.69) is 207 Å². The minimum Gasteiger partial charge on any atom is -0.310 e. The van der Waals surface area contributed by atoms with Crippen LogP contribution in [0.1, 0.15) is 11.1 Å². The van der Waals surface area contributed by atoms with E-state index >= 15 is 0 Å². The lowest BCUT2D eigenvalue weighted by molar-refractivity contribution is 1.25. The number of hydrogen-bond acceptors (Lipinski definition) is 1. The van der Waals surface area contributed by atoms with Crippen LogP contribution in [0, 0.1) is 13.8 Å². The second-order valence-electron chi connectivity index (χ2n) is 14.3. The van der Waals surface area contributed by atoms with Gasteiger partial charge in [-0.05, 0) is 162 Å². The molecule has 0 atom stereocenters. The second kappa shape index (κ2) is 12.5. The molecule has 0 aromatic heterocycles. The lowest BCUT2D eigenvalue weighted by Gasteiger charge is -2.26. The van der Waals surface area contributed by atoms with Gasteiger partial charge in [0.1, 0.15) is 0 Å². The van der Waals surface area contributed by atoms with Crippen molar-refractivity contribution >= 4 is 70.9 Å². The smallest absolute Gasteiger partial charge is 0.0468 e. The van der Waals surface area contributed by atoms with Crippen LogP contribution in [-0.2, 0) is 0 Å². The van der Waals surface area contributed by atoms with Crippen LogP contribution >= 0.6 is 0 Å². The van der Waals surface area contributed by atoms with Crippen LogP contribution in [0.5, 0.6) is 0 Å². The Morgan fingerprint density at radius 2 is 0.792 bits per heavy atom. The van der Waals surface area contributed by atoms with Crippen LogP contribution in [-0.4, -0.2) is 0 Å². The van der Waals surface area contributed by atoms with Crippen LogP contribution in [0.25, 0.3) is 76.1 Å². The van der Waals surface area contributed by atoms with E-state index in [-0.39, 0.29) is 0 Å². The largest absolute Gasteiger partial charge is 0.310 e. The van der Waals surface area contributed by atoms with E-state index in [4.69, 9.17) is 0 Å². The minimum absolute atomic E-state index is 1.14. The highest BCUT2D eigenvalue weighted by molar-refractivity contribution is 6.26. The molecule has 250 valence electrons. The van der Waals surface area contributed by atoms with Gasteiger partial charge in [-0.15, -0.1) is 0 Å². The molecule has 0 bridgehead atoms. The first-order chi connectivity index (χ1) is 26.1. The summed E-state index contributed by atoms with van der Waals surface area (Å²) in [6, 6.07) is 69.3. The van der Waals surface area contributed by atoms with Crippen molar-refractivity contribution in [3.63, 3.8) is 0 Å². The third-order valence-electron chi connectivity index (χ3n) is 11.1. The van der Waals surface area contributed by atoms with Crippen LogP contribution in [0.2, 0.25) is 0 Å². The van der Waals surface area contributed by atoms with E-state index in [0.29, 0.717) is 0 Å². The number of benzene rings is 10. The zero-order chi connectivity index (χ0) is 35.5. The Labute approximate surface area is 310 Å². The summed E-state index contributed by atoms with van der Waals surface area (Å²) < 4.78 is 0. The minimum atomic E-state index is 1.14. The maximum atomic E-state index is 2.42. The monoisotopic (exact) mass is 675 g/mol. The summed E-state index contributed by atoms with van der Waals surface area (Å²) in [4.78, 5) is 2.36. The average molecular weight is 676 g/mol. The Hall–Kier alpha value is -6.70.